The maximum atomic E-state index is 6.20. The van der Waals surface area contributed by atoms with Gasteiger partial charge in [-0.15, -0.1) is 0 Å². The Morgan fingerprint density at radius 3 is 2.27 bits per heavy atom. The summed E-state index contributed by atoms with van der Waals surface area (Å²) in [6.45, 7) is 7.33. The third-order valence-corrected chi connectivity index (χ3v) is 4.25. The minimum Gasteiger partial charge on any atom is -0.490 e. The molecule has 0 aromatic heterocycles. The Labute approximate surface area is 175 Å². The molecule has 26 heavy (non-hydrogen) atoms. The average Bonchev–Trinajstić information content (AvgIpc) is 2.55. The number of nitrogens with zero attached hydrogens (tertiary/aromatic N) is 1. The second-order valence-electron chi connectivity index (χ2n) is 5.80. The topological polar surface area (TPSA) is 40.0 Å². The van der Waals surface area contributed by atoms with E-state index in [0.29, 0.717) is 40.7 Å². The van der Waals surface area contributed by atoms with Crippen LogP contribution in [0.15, 0.2) is 27.9 Å². The lowest BCUT2D eigenvalue weighted by molar-refractivity contribution is 0.134. The fraction of sp³-hybridized carbons (Fsp3) is 0.500. The molecule has 1 aromatic rings. The Kier molecular flexibility index (Phi) is 11.2. The number of hydrogen-bond acceptors (Lipinski definition) is 4. The lowest BCUT2D eigenvalue weighted by Crippen LogP contribution is -2.04. The van der Waals surface area contributed by atoms with Gasteiger partial charge in [-0.25, -0.2) is 0 Å². The van der Waals surface area contributed by atoms with Crippen LogP contribution in [0.25, 0.3) is 0 Å². The number of ether oxygens (including phenoxy) is 2. The zero-order valence-electron chi connectivity index (χ0n) is 15.0. The van der Waals surface area contributed by atoms with Crippen molar-refractivity contribution in [2.24, 2.45) is 11.1 Å². The van der Waals surface area contributed by atoms with Gasteiger partial charge in [-0.2, -0.15) is 0 Å². The number of hydrogen-bond donors (Lipinski definition) is 0. The van der Waals surface area contributed by atoms with Crippen molar-refractivity contribution in [3.8, 4) is 11.5 Å². The van der Waals surface area contributed by atoms with Crippen LogP contribution in [0.4, 0.5) is 0 Å². The van der Waals surface area contributed by atoms with Gasteiger partial charge in [-0.05, 0) is 31.8 Å². The van der Waals surface area contributed by atoms with Crippen molar-refractivity contribution in [3.05, 3.63) is 32.7 Å². The fourth-order valence-electron chi connectivity index (χ4n) is 1.65. The van der Waals surface area contributed by atoms with E-state index in [4.69, 9.17) is 60.7 Å². The molecule has 1 aromatic carbocycles. The van der Waals surface area contributed by atoms with Gasteiger partial charge in [0.15, 0.2) is 5.75 Å². The average molecular weight is 443 g/mol. The van der Waals surface area contributed by atoms with Gasteiger partial charge in [0, 0.05) is 12.1 Å². The quantitative estimate of drug-likeness (QED) is 0.212. The molecule has 4 nitrogen and oxygen atoms in total. The molecule has 0 heterocycles. The van der Waals surface area contributed by atoms with Crippen LogP contribution >= 0.6 is 46.4 Å². The van der Waals surface area contributed by atoms with E-state index in [1.807, 2.05) is 6.92 Å². The Hall–Kier alpha value is -0.810. The molecule has 8 heteroatoms. The van der Waals surface area contributed by atoms with Crippen LogP contribution in [-0.4, -0.2) is 25.5 Å². The van der Waals surface area contributed by atoms with Crippen molar-refractivity contribution < 1.29 is 14.3 Å². The third-order valence-electron chi connectivity index (χ3n) is 3.38. The number of oxime groups is 1. The predicted molar refractivity (Wildman–Crippen MR) is 110 cm³/mol. The molecule has 0 spiro atoms. The van der Waals surface area contributed by atoms with E-state index in [0.717, 1.165) is 18.6 Å². The molecular formula is C18H23Cl4NO3. The van der Waals surface area contributed by atoms with Crippen LogP contribution in [0, 0.1) is 5.92 Å². The van der Waals surface area contributed by atoms with Crippen molar-refractivity contribution >= 4 is 52.1 Å². The molecule has 146 valence electrons. The molecule has 0 saturated heterocycles. The highest BCUT2D eigenvalue weighted by molar-refractivity contribution is 6.55. The minimum atomic E-state index is 0.135. The van der Waals surface area contributed by atoms with Crippen molar-refractivity contribution in [1.82, 2.24) is 0 Å². The first kappa shape index (κ1) is 23.2. The van der Waals surface area contributed by atoms with Crippen LogP contribution in [0.3, 0.4) is 0 Å². The lowest BCUT2D eigenvalue weighted by atomic mass is 10.1. The van der Waals surface area contributed by atoms with E-state index in [9.17, 15) is 0 Å². The van der Waals surface area contributed by atoms with E-state index in [2.05, 4.69) is 19.0 Å². The Morgan fingerprint density at radius 2 is 1.69 bits per heavy atom. The normalized spacial score (nSPS) is 11.5. The summed E-state index contributed by atoms with van der Waals surface area (Å²) in [6.07, 6.45) is 3.13. The Bertz CT molecular complexity index is 606. The van der Waals surface area contributed by atoms with Gasteiger partial charge >= 0.3 is 0 Å². The molecule has 0 aliphatic rings. The molecule has 1 rings (SSSR count). The number of halogens is 4. The lowest BCUT2D eigenvalue weighted by Gasteiger charge is -2.12. The van der Waals surface area contributed by atoms with E-state index in [1.165, 1.54) is 6.08 Å². The standard InChI is InChI=1S/C18H23Cl4NO3/c1-12(2)13(3)23-26-8-5-4-7-25-18-15(19)10-14(11-16(18)20)24-9-6-17(21)22/h6,10-12H,4-5,7-9H2,1-3H3/b23-13+. The van der Waals surface area contributed by atoms with Crippen LogP contribution < -0.4 is 9.47 Å². The van der Waals surface area contributed by atoms with Crippen molar-refractivity contribution in [3.63, 3.8) is 0 Å². The number of benzene rings is 1. The van der Waals surface area contributed by atoms with Crippen molar-refractivity contribution in [2.75, 3.05) is 19.8 Å². The second-order valence-corrected chi connectivity index (χ2v) is 7.62. The maximum Gasteiger partial charge on any atom is 0.156 e. The summed E-state index contributed by atoms with van der Waals surface area (Å²) < 4.78 is 11.2. The highest BCUT2D eigenvalue weighted by atomic mass is 35.5. The molecule has 0 saturated carbocycles. The third kappa shape index (κ3) is 9.22. The molecule has 0 aliphatic heterocycles. The molecule has 0 bridgehead atoms. The summed E-state index contributed by atoms with van der Waals surface area (Å²) >= 11 is 23.5. The van der Waals surface area contributed by atoms with Crippen LogP contribution in [0.1, 0.15) is 33.6 Å². The monoisotopic (exact) mass is 441 g/mol. The van der Waals surface area contributed by atoms with E-state index < -0.39 is 0 Å². The Balaban J connectivity index is 2.39. The zero-order valence-corrected chi connectivity index (χ0v) is 18.1. The van der Waals surface area contributed by atoms with Crippen LogP contribution in [-0.2, 0) is 4.84 Å². The summed E-state index contributed by atoms with van der Waals surface area (Å²) in [4.78, 5) is 5.27. The van der Waals surface area contributed by atoms with Gasteiger partial charge in [-0.1, -0.05) is 65.4 Å². The summed E-state index contributed by atoms with van der Waals surface area (Å²) in [6, 6.07) is 3.26. The fourth-order valence-corrected chi connectivity index (χ4v) is 2.36. The van der Waals surface area contributed by atoms with Gasteiger partial charge in [0.25, 0.3) is 0 Å². The molecule has 0 amide bonds. The molecular weight excluding hydrogens is 420 g/mol. The summed E-state index contributed by atoms with van der Waals surface area (Å²) in [7, 11) is 0. The Morgan fingerprint density at radius 1 is 1.08 bits per heavy atom. The van der Waals surface area contributed by atoms with Crippen molar-refractivity contribution in [2.45, 2.75) is 33.6 Å². The summed E-state index contributed by atoms with van der Waals surface area (Å²) in [5, 5.41) is 4.81. The number of rotatable bonds is 11. The van der Waals surface area contributed by atoms with Gasteiger partial charge in [0.2, 0.25) is 0 Å². The van der Waals surface area contributed by atoms with Gasteiger partial charge in [-0.3, -0.25) is 0 Å². The van der Waals surface area contributed by atoms with Gasteiger partial charge < -0.3 is 14.3 Å². The highest BCUT2D eigenvalue weighted by Gasteiger charge is 2.10. The minimum absolute atomic E-state index is 0.135. The van der Waals surface area contributed by atoms with E-state index in [1.54, 1.807) is 12.1 Å². The van der Waals surface area contributed by atoms with Gasteiger partial charge in [0.1, 0.15) is 23.5 Å². The predicted octanol–water partition coefficient (Wildman–Crippen LogP) is 6.90. The van der Waals surface area contributed by atoms with Crippen LogP contribution in [0.2, 0.25) is 10.0 Å². The maximum absolute atomic E-state index is 6.20. The molecule has 0 aliphatic carbocycles. The SMILES string of the molecule is C/C(=N\OCCCCOc1c(Cl)cc(OCC=C(Cl)Cl)cc1Cl)C(C)C. The molecule has 0 radical (unpaired) electrons. The number of unbranched alkanes of at least 4 members (excludes halogenated alkanes) is 1. The van der Waals surface area contributed by atoms with E-state index in [-0.39, 0.29) is 11.1 Å². The molecule has 0 unspecified atom stereocenters. The van der Waals surface area contributed by atoms with E-state index >= 15 is 0 Å². The zero-order chi connectivity index (χ0) is 19.5. The van der Waals surface area contributed by atoms with Gasteiger partial charge in [0.05, 0.1) is 22.4 Å². The first-order valence-corrected chi connectivity index (χ1v) is 9.74. The summed E-state index contributed by atoms with van der Waals surface area (Å²) in [5.74, 6) is 1.32. The second kappa shape index (κ2) is 12.6. The first-order chi connectivity index (χ1) is 12.3. The molecule has 0 fully saturated rings. The highest BCUT2D eigenvalue weighted by Crippen LogP contribution is 2.37. The molecule has 0 atom stereocenters. The summed E-state index contributed by atoms with van der Waals surface area (Å²) in [5.41, 5.74) is 0.978. The largest absolute Gasteiger partial charge is 0.490 e. The first-order valence-electron chi connectivity index (χ1n) is 8.23. The van der Waals surface area contributed by atoms with Crippen molar-refractivity contribution in [1.29, 1.82) is 0 Å². The smallest absolute Gasteiger partial charge is 0.156 e. The van der Waals surface area contributed by atoms with Crippen LogP contribution in [0.5, 0.6) is 11.5 Å². The molecule has 0 N–H and O–H groups in total.